The number of nitrogens with one attached hydrogen (secondary N) is 1. The molecule has 0 radical (unpaired) electrons. The second kappa shape index (κ2) is 10.2. The van der Waals surface area contributed by atoms with Gasteiger partial charge >= 0.3 is 0 Å². The lowest BCUT2D eigenvalue weighted by molar-refractivity contribution is 0.0867. The molecule has 112 valence electrons. The van der Waals surface area contributed by atoms with E-state index in [1.807, 2.05) is 6.92 Å². The van der Waals surface area contributed by atoms with Crippen molar-refractivity contribution in [1.82, 2.24) is 5.32 Å². The van der Waals surface area contributed by atoms with Crippen molar-refractivity contribution in [3.8, 4) is 5.75 Å². The highest BCUT2D eigenvalue weighted by molar-refractivity contribution is 5.94. The molecule has 2 N–H and O–H groups in total. The molecule has 0 aliphatic heterocycles. The number of benzene rings is 1. The van der Waals surface area contributed by atoms with Crippen LogP contribution in [0.4, 0.5) is 0 Å². The Hall–Kier alpha value is -1.59. The number of carbonyl (C=O) groups is 1. The second-order valence-electron chi connectivity index (χ2n) is 4.32. The fraction of sp³-hybridized carbons (Fsp3) is 0.533. The van der Waals surface area contributed by atoms with Gasteiger partial charge in [0, 0.05) is 18.7 Å². The van der Waals surface area contributed by atoms with Crippen molar-refractivity contribution < 1.29 is 19.4 Å². The average molecular weight is 281 g/mol. The molecule has 0 fully saturated rings. The number of hydrogen-bond donors (Lipinski definition) is 2. The van der Waals surface area contributed by atoms with Crippen molar-refractivity contribution in [3.63, 3.8) is 0 Å². The van der Waals surface area contributed by atoms with Crippen molar-refractivity contribution in [3.05, 3.63) is 29.8 Å². The highest BCUT2D eigenvalue weighted by Gasteiger charge is 2.04. The van der Waals surface area contributed by atoms with Crippen LogP contribution in [0.1, 0.15) is 30.1 Å². The molecule has 0 aromatic heterocycles. The van der Waals surface area contributed by atoms with Gasteiger partial charge in [-0.25, -0.2) is 0 Å². The quantitative estimate of drug-likeness (QED) is 0.639. The van der Waals surface area contributed by atoms with Gasteiger partial charge in [-0.05, 0) is 37.1 Å². The molecule has 1 amide bonds. The van der Waals surface area contributed by atoms with E-state index in [1.54, 1.807) is 24.3 Å². The Morgan fingerprint density at radius 2 is 1.95 bits per heavy atom. The maximum atomic E-state index is 11.8. The molecule has 0 spiro atoms. The Labute approximate surface area is 119 Å². The first-order valence-corrected chi connectivity index (χ1v) is 6.97. The van der Waals surface area contributed by atoms with Crippen LogP contribution < -0.4 is 10.1 Å². The summed E-state index contributed by atoms with van der Waals surface area (Å²) in [4.78, 5) is 11.8. The number of rotatable bonds is 10. The van der Waals surface area contributed by atoms with E-state index in [4.69, 9.17) is 14.6 Å². The third-order valence-corrected chi connectivity index (χ3v) is 2.58. The van der Waals surface area contributed by atoms with Crippen LogP contribution in [-0.4, -0.2) is 44.0 Å². The van der Waals surface area contributed by atoms with Crippen LogP contribution in [0.5, 0.6) is 5.75 Å². The van der Waals surface area contributed by atoms with Crippen molar-refractivity contribution in [2.75, 3.05) is 33.0 Å². The number of ether oxygens (including phenoxy) is 2. The van der Waals surface area contributed by atoms with Gasteiger partial charge in [-0.15, -0.1) is 0 Å². The lowest BCUT2D eigenvalue weighted by Gasteiger charge is -2.07. The van der Waals surface area contributed by atoms with Gasteiger partial charge in [-0.2, -0.15) is 0 Å². The molecule has 1 rings (SSSR count). The van der Waals surface area contributed by atoms with E-state index >= 15 is 0 Å². The van der Waals surface area contributed by atoms with Gasteiger partial charge in [0.25, 0.3) is 5.91 Å². The minimum atomic E-state index is -0.103. The summed E-state index contributed by atoms with van der Waals surface area (Å²) in [6.07, 6.45) is 1.68. The highest BCUT2D eigenvalue weighted by atomic mass is 16.5. The summed E-state index contributed by atoms with van der Waals surface area (Å²) in [5.41, 5.74) is 0.616. The topological polar surface area (TPSA) is 67.8 Å². The zero-order valence-corrected chi connectivity index (χ0v) is 11.9. The molecule has 0 saturated heterocycles. The van der Waals surface area contributed by atoms with Crippen molar-refractivity contribution in [2.45, 2.75) is 19.8 Å². The molecule has 0 unspecified atom stereocenters. The monoisotopic (exact) mass is 281 g/mol. The molecule has 1 aromatic rings. The summed E-state index contributed by atoms with van der Waals surface area (Å²) < 4.78 is 10.6. The zero-order valence-electron chi connectivity index (χ0n) is 11.9. The molecule has 0 aliphatic rings. The molecule has 0 heterocycles. The van der Waals surface area contributed by atoms with Gasteiger partial charge < -0.3 is 19.9 Å². The van der Waals surface area contributed by atoms with Crippen molar-refractivity contribution in [1.29, 1.82) is 0 Å². The van der Waals surface area contributed by atoms with E-state index in [2.05, 4.69) is 5.32 Å². The molecule has 20 heavy (non-hydrogen) atoms. The minimum Gasteiger partial charge on any atom is -0.494 e. The number of amides is 1. The maximum absolute atomic E-state index is 11.8. The summed E-state index contributed by atoms with van der Waals surface area (Å²) >= 11 is 0. The summed E-state index contributed by atoms with van der Waals surface area (Å²) in [7, 11) is 0. The van der Waals surface area contributed by atoms with E-state index < -0.39 is 0 Å². The van der Waals surface area contributed by atoms with Crippen LogP contribution in [0, 0.1) is 0 Å². The highest BCUT2D eigenvalue weighted by Crippen LogP contribution is 2.12. The second-order valence-corrected chi connectivity index (χ2v) is 4.32. The standard InChI is InChI=1S/C15H23NO4/c1-2-10-20-14-6-4-13(5-7-14)15(18)16-8-3-11-19-12-9-17/h4-7,17H,2-3,8-12H2,1H3,(H,16,18). The lowest BCUT2D eigenvalue weighted by atomic mass is 10.2. The van der Waals surface area contributed by atoms with Crippen LogP contribution >= 0.6 is 0 Å². The fourth-order valence-electron chi connectivity index (χ4n) is 1.57. The van der Waals surface area contributed by atoms with E-state index in [-0.39, 0.29) is 12.5 Å². The molecule has 5 nitrogen and oxygen atoms in total. The van der Waals surface area contributed by atoms with E-state index in [9.17, 15) is 4.79 Å². The van der Waals surface area contributed by atoms with E-state index in [0.717, 1.165) is 18.6 Å². The van der Waals surface area contributed by atoms with Crippen LogP contribution in [0.25, 0.3) is 0 Å². The molecular weight excluding hydrogens is 258 g/mol. The molecule has 0 atom stereocenters. The van der Waals surface area contributed by atoms with Crippen LogP contribution in [0.15, 0.2) is 24.3 Å². The predicted molar refractivity (Wildman–Crippen MR) is 77.1 cm³/mol. The lowest BCUT2D eigenvalue weighted by Crippen LogP contribution is -2.25. The molecular formula is C15H23NO4. The molecule has 1 aromatic carbocycles. The maximum Gasteiger partial charge on any atom is 0.251 e. The number of carbonyl (C=O) groups excluding carboxylic acids is 1. The normalized spacial score (nSPS) is 10.3. The van der Waals surface area contributed by atoms with Gasteiger partial charge in [0.05, 0.1) is 19.8 Å². The van der Waals surface area contributed by atoms with Crippen LogP contribution in [0.3, 0.4) is 0 Å². The zero-order chi connectivity index (χ0) is 14.6. The minimum absolute atomic E-state index is 0.0266. The van der Waals surface area contributed by atoms with Gasteiger partial charge in [-0.1, -0.05) is 6.92 Å². The third-order valence-electron chi connectivity index (χ3n) is 2.58. The average Bonchev–Trinajstić information content (AvgIpc) is 2.49. The number of hydrogen-bond acceptors (Lipinski definition) is 4. The van der Waals surface area contributed by atoms with Crippen LogP contribution in [0.2, 0.25) is 0 Å². The third kappa shape index (κ3) is 6.54. The largest absolute Gasteiger partial charge is 0.494 e. The van der Waals surface area contributed by atoms with E-state index in [1.165, 1.54) is 0 Å². The van der Waals surface area contributed by atoms with Gasteiger partial charge in [0.1, 0.15) is 5.75 Å². The Balaban J connectivity index is 2.25. The Kier molecular flexibility index (Phi) is 8.42. The smallest absolute Gasteiger partial charge is 0.251 e. The molecule has 0 aliphatic carbocycles. The van der Waals surface area contributed by atoms with Gasteiger partial charge in [-0.3, -0.25) is 4.79 Å². The summed E-state index contributed by atoms with van der Waals surface area (Å²) in [6.45, 7) is 4.18. The summed E-state index contributed by atoms with van der Waals surface area (Å²) in [5, 5.41) is 11.3. The Morgan fingerprint density at radius 3 is 2.60 bits per heavy atom. The Morgan fingerprint density at radius 1 is 1.20 bits per heavy atom. The first-order chi connectivity index (χ1) is 9.77. The predicted octanol–water partition coefficient (Wildman–Crippen LogP) is 1.60. The van der Waals surface area contributed by atoms with Crippen LogP contribution in [-0.2, 0) is 4.74 Å². The SMILES string of the molecule is CCCOc1ccc(C(=O)NCCCOCCO)cc1. The van der Waals surface area contributed by atoms with Crippen molar-refractivity contribution in [2.24, 2.45) is 0 Å². The number of aliphatic hydroxyl groups is 1. The fourth-order valence-corrected chi connectivity index (χ4v) is 1.57. The summed E-state index contributed by atoms with van der Waals surface area (Å²) in [5.74, 6) is 0.676. The molecule has 0 bridgehead atoms. The van der Waals surface area contributed by atoms with Gasteiger partial charge in [0.2, 0.25) is 0 Å². The first kappa shape index (κ1) is 16.5. The first-order valence-electron chi connectivity index (χ1n) is 6.97. The summed E-state index contributed by atoms with van der Waals surface area (Å²) in [6, 6.07) is 7.11. The van der Waals surface area contributed by atoms with Gasteiger partial charge in [0.15, 0.2) is 0 Å². The van der Waals surface area contributed by atoms with E-state index in [0.29, 0.717) is 31.9 Å². The van der Waals surface area contributed by atoms with Crippen molar-refractivity contribution >= 4 is 5.91 Å². The molecule has 0 saturated carbocycles. The Bertz CT molecular complexity index is 378. The number of aliphatic hydroxyl groups excluding tert-OH is 1. The molecule has 5 heteroatoms.